The molecule has 0 saturated heterocycles. The highest BCUT2D eigenvalue weighted by atomic mass is 35.5. The van der Waals surface area contributed by atoms with Gasteiger partial charge in [0, 0.05) is 17.0 Å². The van der Waals surface area contributed by atoms with Crippen molar-refractivity contribution >= 4 is 23.2 Å². The van der Waals surface area contributed by atoms with Crippen molar-refractivity contribution in [2.45, 2.75) is 18.9 Å². The molecular formula is C15H14Cl2N2O2. The Morgan fingerprint density at radius 3 is 2.48 bits per heavy atom. The van der Waals surface area contributed by atoms with Crippen LogP contribution in [0.2, 0.25) is 10.2 Å². The molecule has 2 aromatic rings. The summed E-state index contributed by atoms with van der Waals surface area (Å²) >= 11 is 11.8. The van der Waals surface area contributed by atoms with E-state index in [2.05, 4.69) is 10.2 Å². The Kier molecular flexibility index (Phi) is 4.17. The van der Waals surface area contributed by atoms with E-state index in [1.807, 2.05) is 24.3 Å². The Balaban J connectivity index is 1.87. The van der Waals surface area contributed by atoms with Gasteiger partial charge in [-0.25, -0.2) is 0 Å². The van der Waals surface area contributed by atoms with Crippen LogP contribution in [0.5, 0.6) is 11.6 Å². The summed E-state index contributed by atoms with van der Waals surface area (Å²) in [4.78, 5) is 0. The fourth-order valence-corrected chi connectivity index (χ4v) is 2.44. The molecule has 0 spiro atoms. The topological polar surface area (TPSA) is 44.2 Å². The molecule has 1 unspecified atom stereocenters. The van der Waals surface area contributed by atoms with Crippen molar-refractivity contribution in [3.8, 4) is 11.6 Å². The normalized spacial score (nSPS) is 15.6. The lowest BCUT2D eigenvalue weighted by molar-refractivity contribution is 0.164. The molecule has 1 atom stereocenters. The highest BCUT2D eigenvalue weighted by Gasteiger charge is 2.35. The van der Waals surface area contributed by atoms with Crippen molar-refractivity contribution in [3.05, 3.63) is 46.1 Å². The number of halogens is 2. The molecule has 1 fully saturated rings. The van der Waals surface area contributed by atoms with Crippen LogP contribution in [-0.4, -0.2) is 17.3 Å². The lowest BCUT2D eigenvalue weighted by Gasteiger charge is -2.19. The van der Waals surface area contributed by atoms with Gasteiger partial charge in [0.1, 0.15) is 6.10 Å². The summed E-state index contributed by atoms with van der Waals surface area (Å²) in [7, 11) is 1.55. The van der Waals surface area contributed by atoms with E-state index in [-0.39, 0.29) is 11.3 Å². The van der Waals surface area contributed by atoms with Crippen molar-refractivity contribution in [1.82, 2.24) is 10.2 Å². The number of nitrogens with zero attached hydrogens (tertiary/aromatic N) is 2. The number of methoxy groups -OCH3 is 1. The van der Waals surface area contributed by atoms with E-state index in [0.29, 0.717) is 22.6 Å². The van der Waals surface area contributed by atoms with E-state index in [1.165, 1.54) is 0 Å². The van der Waals surface area contributed by atoms with Crippen LogP contribution in [0.15, 0.2) is 30.3 Å². The summed E-state index contributed by atoms with van der Waals surface area (Å²) < 4.78 is 11.3. The minimum atomic E-state index is -0.0772. The van der Waals surface area contributed by atoms with Gasteiger partial charge in [-0.15, -0.1) is 10.2 Å². The van der Waals surface area contributed by atoms with Gasteiger partial charge in [0.15, 0.2) is 10.9 Å². The van der Waals surface area contributed by atoms with Gasteiger partial charge in [-0.2, -0.15) is 0 Å². The molecule has 1 aromatic heterocycles. The molecule has 1 aliphatic carbocycles. The first-order valence-electron chi connectivity index (χ1n) is 6.66. The largest absolute Gasteiger partial charge is 0.491 e. The number of hydrogen-bond donors (Lipinski definition) is 0. The van der Waals surface area contributed by atoms with Crippen molar-refractivity contribution in [2.75, 3.05) is 7.11 Å². The molecule has 0 radical (unpaired) electrons. The van der Waals surface area contributed by atoms with E-state index in [0.717, 1.165) is 18.4 Å². The van der Waals surface area contributed by atoms with Gasteiger partial charge in [-0.1, -0.05) is 35.3 Å². The molecule has 110 valence electrons. The van der Waals surface area contributed by atoms with E-state index >= 15 is 0 Å². The van der Waals surface area contributed by atoms with Crippen LogP contribution in [0, 0.1) is 5.92 Å². The van der Waals surface area contributed by atoms with Crippen LogP contribution < -0.4 is 9.47 Å². The van der Waals surface area contributed by atoms with Crippen LogP contribution in [0.25, 0.3) is 0 Å². The molecule has 0 aliphatic heterocycles. The highest BCUT2D eigenvalue weighted by molar-refractivity contribution is 6.30. The van der Waals surface area contributed by atoms with Crippen LogP contribution in [0.4, 0.5) is 0 Å². The Hall–Kier alpha value is -1.52. The van der Waals surface area contributed by atoms with Crippen molar-refractivity contribution < 1.29 is 9.47 Å². The van der Waals surface area contributed by atoms with Gasteiger partial charge in [-0.3, -0.25) is 0 Å². The number of aromatic nitrogens is 2. The third kappa shape index (κ3) is 3.39. The molecule has 1 heterocycles. The first-order chi connectivity index (χ1) is 10.2. The highest BCUT2D eigenvalue weighted by Crippen LogP contribution is 2.44. The maximum absolute atomic E-state index is 6.04. The molecule has 6 heteroatoms. The minimum absolute atomic E-state index is 0.0772. The van der Waals surface area contributed by atoms with Gasteiger partial charge in [0.2, 0.25) is 0 Å². The fraction of sp³-hybridized carbons (Fsp3) is 0.333. The molecule has 1 saturated carbocycles. The second-order valence-electron chi connectivity index (χ2n) is 4.97. The first kappa shape index (κ1) is 14.4. The minimum Gasteiger partial charge on any atom is -0.491 e. The van der Waals surface area contributed by atoms with Crippen LogP contribution in [-0.2, 0) is 0 Å². The maximum Gasteiger partial charge on any atom is 0.277 e. The number of hydrogen-bond acceptors (Lipinski definition) is 4. The zero-order chi connectivity index (χ0) is 14.8. The predicted molar refractivity (Wildman–Crippen MR) is 81.1 cm³/mol. The van der Waals surface area contributed by atoms with Crippen molar-refractivity contribution in [1.29, 1.82) is 0 Å². The van der Waals surface area contributed by atoms with Gasteiger partial charge in [0.25, 0.3) is 5.88 Å². The van der Waals surface area contributed by atoms with Gasteiger partial charge >= 0.3 is 0 Å². The Bertz CT molecular complexity index is 630. The number of benzene rings is 1. The zero-order valence-electron chi connectivity index (χ0n) is 11.4. The first-order valence-corrected chi connectivity index (χ1v) is 7.42. The Labute approximate surface area is 133 Å². The lowest BCUT2D eigenvalue weighted by Crippen LogP contribution is -2.12. The second-order valence-corrected chi connectivity index (χ2v) is 5.79. The number of ether oxygens (including phenoxy) is 2. The summed E-state index contributed by atoms with van der Waals surface area (Å²) in [6, 6.07) is 9.26. The van der Waals surface area contributed by atoms with Gasteiger partial charge in [-0.05, 0) is 30.5 Å². The lowest BCUT2D eigenvalue weighted by atomic mass is 10.1. The second kappa shape index (κ2) is 6.08. The predicted octanol–water partition coefficient (Wildman–Crippen LogP) is 4.32. The van der Waals surface area contributed by atoms with Gasteiger partial charge in [0.05, 0.1) is 7.11 Å². The molecule has 3 rings (SSSR count). The Morgan fingerprint density at radius 2 is 1.86 bits per heavy atom. The van der Waals surface area contributed by atoms with E-state index in [9.17, 15) is 0 Å². The quantitative estimate of drug-likeness (QED) is 0.821. The maximum atomic E-state index is 6.04. The smallest absolute Gasteiger partial charge is 0.277 e. The van der Waals surface area contributed by atoms with Crippen LogP contribution in [0.3, 0.4) is 0 Å². The zero-order valence-corrected chi connectivity index (χ0v) is 12.9. The van der Waals surface area contributed by atoms with Crippen LogP contribution in [0.1, 0.15) is 24.5 Å². The summed E-state index contributed by atoms with van der Waals surface area (Å²) in [5.74, 6) is 1.32. The van der Waals surface area contributed by atoms with E-state index in [1.54, 1.807) is 13.2 Å². The van der Waals surface area contributed by atoms with Crippen LogP contribution >= 0.6 is 23.2 Å². The summed E-state index contributed by atoms with van der Waals surface area (Å²) in [5, 5.41) is 8.78. The van der Waals surface area contributed by atoms with E-state index in [4.69, 9.17) is 32.7 Å². The summed E-state index contributed by atoms with van der Waals surface area (Å²) in [5.41, 5.74) is 1.07. The average Bonchev–Trinajstić information content (AvgIpc) is 3.31. The molecule has 1 aromatic carbocycles. The molecule has 4 nitrogen and oxygen atoms in total. The molecule has 0 N–H and O–H groups in total. The summed E-state index contributed by atoms with van der Waals surface area (Å²) in [6.07, 6.45) is 2.19. The fourth-order valence-electron chi connectivity index (χ4n) is 2.18. The SMILES string of the molecule is COc1cc(Cl)nnc1OC(c1ccc(Cl)cc1)C1CC1. The molecule has 21 heavy (non-hydrogen) atoms. The molecule has 0 amide bonds. The Morgan fingerprint density at radius 1 is 1.14 bits per heavy atom. The molecular weight excluding hydrogens is 311 g/mol. The van der Waals surface area contributed by atoms with Gasteiger partial charge < -0.3 is 9.47 Å². The van der Waals surface area contributed by atoms with E-state index < -0.39 is 0 Å². The third-order valence-corrected chi connectivity index (χ3v) is 3.84. The monoisotopic (exact) mass is 324 g/mol. The molecule has 0 bridgehead atoms. The standard InChI is InChI=1S/C15H14Cl2N2O2/c1-20-12-8-13(17)18-19-15(12)21-14(9-2-3-9)10-4-6-11(16)7-5-10/h4-9,14H,2-3H2,1H3. The molecule has 1 aliphatic rings. The average molecular weight is 325 g/mol. The summed E-state index contributed by atoms with van der Waals surface area (Å²) in [6.45, 7) is 0. The van der Waals surface area contributed by atoms with Crippen molar-refractivity contribution in [2.24, 2.45) is 5.92 Å². The number of rotatable bonds is 5. The van der Waals surface area contributed by atoms with Crippen molar-refractivity contribution in [3.63, 3.8) is 0 Å². The third-order valence-electron chi connectivity index (χ3n) is 3.40.